The fourth-order valence-corrected chi connectivity index (χ4v) is 4.69. The van der Waals surface area contributed by atoms with Crippen LogP contribution in [-0.2, 0) is 17.9 Å². The zero-order valence-electron chi connectivity index (χ0n) is 21.2. The molecule has 0 bridgehead atoms. The van der Waals surface area contributed by atoms with Crippen molar-refractivity contribution in [3.8, 4) is 0 Å². The Hall–Kier alpha value is -3.03. The van der Waals surface area contributed by atoms with Crippen LogP contribution in [0.1, 0.15) is 35.2 Å². The summed E-state index contributed by atoms with van der Waals surface area (Å²) in [5.74, 6) is -0.0176. The summed E-state index contributed by atoms with van der Waals surface area (Å²) in [5, 5.41) is 3.03. The minimum Gasteiger partial charge on any atom is -0.356 e. The zero-order chi connectivity index (χ0) is 24.8. The molecular formula is C28H37N5O2. The number of rotatable bonds is 9. The summed E-state index contributed by atoms with van der Waals surface area (Å²) >= 11 is 0. The Labute approximate surface area is 207 Å². The van der Waals surface area contributed by atoms with E-state index in [-0.39, 0.29) is 17.9 Å². The highest BCUT2D eigenvalue weighted by Crippen LogP contribution is 2.17. The zero-order valence-corrected chi connectivity index (χ0v) is 21.2. The molecule has 35 heavy (non-hydrogen) atoms. The van der Waals surface area contributed by atoms with Crippen molar-refractivity contribution in [2.75, 3.05) is 39.3 Å². The van der Waals surface area contributed by atoms with Gasteiger partial charge in [0, 0.05) is 52.2 Å². The van der Waals surface area contributed by atoms with Crippen molar-refractivity contribution in [1.29, 1.82) is 0 Å². The number of hydrogen-bond acceptors (Lipinski definition) is 5. The van der Waals surface area contributed by atoms with Crippen molar-refractivity contribution in [2.24, 2.45) is 0 Å². The van der Waals surface area contributed by atoms with Crippen LogP contribution in [0.15, 0.2) is 47.3 Å². The molecule has 4 rings (SSSR count). The molecule has 0 saturated carbocycles. The van der Waals surface area contributed by atoms with Crippen LogP contribution in [0.25, 0.3) is 11.0 Å². The minimum atomic E-state index is -0.125. The summed E-state index contributed by atoms with van der Waals surface area (Å²) < 4.78 is 1.69. The van der Waals surface area contributed by atoms with E-state index in [9.17, 15) is 9.59 Å². The Bertz CT molecular complexity index is 1210. The van der Waals surface area contributed by atoms with Crippen LogP contribution in [-0.4, -0.2) is 64.5 Å². The lowest BCUT2D eigenvalue weighted by Crippen LogP contribution is -2.46. The smallest absolute Gasteiger partial charge is 0.272 e. The molecule has 0 radical (unpaired) electrons. The number of hydrogen-bond donors (Lipinski definition) is 1. The van der Waals surface area contributed by atoms with Crippen molar-refractivity contribution in [3.63, 3.8) is 0 Å². The quantitative estimate of drug-likeness (QED) is 0.482. The van der Waals surface area contributed by atoms with E-state index in [1.807, 2.05) is 26.0 Å². The maximum Gasteiger partial charge on any atom is 0.272 e. The number of piperazine rings is 1. The number of aromatic nitrogens is 2. The van der Waals surface area contributed by atoms with Crippen molar-refractivity contribution in [1.82, 2.24) is 24.7 Å². The van der Waals surface area contributed by atoms with Crippen LogP contribution in [0.4, 0.5) is 0 Å². The van der Waals surface area contributed by atoms with Gasteiger partial charge in [-0.2, -0.15) is 0 Å². The van der Waals surface area contributed by atoms with Crippen LogP contribution in [0, 0.1) is 20.8 Å². The third kappa shape index (κ3) is 6.55. The van der Waals surface area contributed by atoms with Gasteiger partial charge < -0.3 is 14.8 Å². The van der Waals surface area contributed by atoms with Gasteiger partial charge in [-0.3, -0.25) is 14.5 Å². The van der Waals surface area contributed by atoms with E-state index in [1.165, 1.54) is 5.56 Å². The predicted octanol–water partition coefficient (Wildman–Crippen LogP) is 3.04. The van der Waals surface area contributed by atoms with E-state index in [2.05, 4.69) is 50.4 Å². The van der Waals surface area contributed by atoms with Gasteiger partial charge in [0.15, 0.2) is 0 Å². The second kappa shape index (κ2) is 11.6. The second-order valence-electron chi connectivity index (χ2n) is 9.64. The highest BCUT2D eigenvalue weighted by Gasteiger charge is 2.17. The molecule has 7 heteroatoms. The third-order valence-corrected chi connectivity index (χ3v) is 6.97. The molecule has 7 nitrogen and oxygen atoms in total. The lowest BCUT2D eigenvalue weighted by molar-refractivity contribution is -0.121. The van der Waals surface area contributed by atoms with E-state index < -0.39 is 0 Å². The number of nitrogens with zero attached hydrogens (tertiary/aromatic N) is 4. The van der Waals surface area contributed by atoms with Crippen molar-refractivity contribution >= 4 is 16.9 Å². The van der Waals surface area contributed by atoms with Gasteiger partial charge in [-0.05, 0) is 62.6 Å². The Morgan fingerprint density at radius 2 is 1.63 bits per heavy atom. The van der Waals surface area contributed by atoms with Gasteiger partial charge in [0.25, 0.3) is 5.56 Å². The first kappa shape index (κ1) is 25.1. The summed E-state index contributed by atoms with van der Waals surface area (Å²) in [5.41, 5.74) is 5.56. The molecule has 186 valence electrons. The lowest BCUT2D eigenvalue weighted by Gasteiger charge is -2.34. The number of benzene rings is 2. The number of aryl methyl sites for hydroxylation is 4. The molecule has 1 fully saturated rings. The maximum absolute atomic E-state index is 12.7. The molecule has 1 amide bonds. The maximum atomic E-state index is 12.7. The molecule has 1 N–H and O–H groups in total. The fraction of sp³-hybridized carbons (Fsp3) is 0.464. The number of nitrogens with one attached hydrogen (secondary N) is 1. The van der Waals surface area contributed by atoms with E-state index in [1.54, 1.807) is 11.5 Å². The Kier molecular flexibility index (Phi) is 8.31. The van der Waals surface area contributed by atoms with E-state index >= 15 is 0 Å². The average Bonchev–Trinajstić information content (AvgIpc) is 2.85. The van der Waals surface area contributed by atoms with E-state index in [4.69, 9.17) is 0 Å². The molecule has 0 atom stereocenters. The van der Waals surface area contributed by atoms with Crippen LogP contribution >= 0.6 is 0 Å². The molecule has 0 aliphatic carbocycles. The van der Waals surface area contributed by atoms with Gasteiger partial charge in [0.2, 0.25) is 5.91 Å². The SMILES string of the molecule is Cc1cc2nc(C)c(=O)n(CCC(=O)NCCCN3CCN(Cc4ccccc4)CC3)c2cc1C. The minimum absolute atomic E-state index is 0.0176. The lowest BCUT2D eigenvalue weighted by atomic mass is 10.1. The fourth-order valence-electron chi connectivity index (χ4n) is 4.69. The van der Waals surface area contributed by atoms with Gasteiger partial charge in [0.05, 0.1) is 11.0 Å². The average molecular weight is 476 g/mol. The molecule has 3 aromatic rings. The molecule has 1 aliphatic rings. The highest BCUT2D eigenvalue weighted by atomic mass is 16.2. The van der Waals surface area contributed by atoms with Crippen LogP contribution in [0.3, 0.4) is 0 Å². The summed E-state index contributed by atoms with van der Waals surface area (Å²) in [6.07, 6.45) is 1.21. The van der Waals surface area contributed by atoms with Gasteiger partial charge >= 0.3 is 0 Å². The first-order valence-corrected chi connectivity index (χ1v) is 12.6. The Morgan fingerprint density at radius 1 is 0.943 bits per heavy atom. The largest absolute Gasteiger partial charge is 0.356 e. The molecule has 2 heterocycles. The number of carbonyl (C=O) groups excluding carboxylic acids is 1. The summed E-state index contributed by atoms with van der Waals surface area (Å²) in [7, 11) is 0. The summed E-state index contributed by atoms with van der Waals surface area (Å²) in [6, 6.07) is 14.6. The standard InChI is InChI=1S/C28H37N5O2/c1-21-18-25-26(19-22(21)2)33(28(35)23(3)30-25)13-10-27(34)29-11-7-12-31-14-16-32(17-15-31)20-24-8-5-4-6-9-24/h4-6,8-9,18-19H,7,10-17,20H2,1-3H3,(H,29,34). The Balaban J connectivity index is 1.19. The molecule has 2 aromatic carbocycles. The molecule has 1 saturated heterocycles. The molecule has 1 aromatic heterocycles. The first-order chi connectivity index (χ1) is 16.9. The van der Waals surface area contributed by atoms with Crippen molar-refractivity contribution in [3.05, 3.63) is 75.2 Å². The monoisotopic (exact) mass is 475 g/mol. The highest BCUT2D eigenvalue weighted by molar-refractivity contribution is 5.78. The number of carbonyl (C=O) groups is 1. The summed E-state index contributed by atoms with van der Waals surface area (Å²) in [4.78, 5) is 34.6. The topological polar surface area (TPSA) is 70.5 Å². The molecular weight excluding hydrogens is 438 g/mol. The molecule has 1 aliphatic heterocycles. The summed E-state index contributed by atoms with van der Waals surface area (Å²) in [6.45, 7) is 13.1. The van der Waals surface area contributed by atoms with Crippen LogP contribution < -0.4 is 10.9 Å². The first-order valence-electron chi connectivity index (χ1n) is 12.6. The molecule has 0 unspecified atom stereocenters. The van der Waals surface area contributed by atoms with Crippen LogP contribution in [0.5, 0.6) is 0 Å². The van der Waals surface area contributed by atoms with Gasteiger partial charge in [-0.15, -0.1) is 0 Å². The number of fused-ring (bicyclic) bond motifs is 1. The van der Waals surface area contributed by atoms with Crippen molar-refractivity contribution < 1.29 is 4.79 Å². The van der Waals surface area contributed by atoms with E-state index in [0.717, 1.165) is 67.8 Å². The normalized spacial score (nSPS) is 14.9. The van der Waals surface area contributed by atoms with Gasteiger partial charge in [0.1, 0.15) is 5.69 Å². The van der Waals surface area contributed by atoms with Crippen LogP contribution in [0.2, 0.25) is 0 Å². The van der Waals surface area contributed by atoms with Gasteiger partial charge in [-0.1, -0.05) is 30.3 Å². The van der Waals surface area contributed by atoms with Crippen molar-refractivity contribution in [2.45, 2.75) is 46.7 Å². The Morgan fingerprint density at radius 3 is 2.37 bits per heavy atom. The molecule has 0 spiro atoms. The predicted molar refractivity (Wildman–Crippen MR) is 141 cm³/mol. The number of amides is 1. The van der Waals surface area contributed by atoms with E-state index in [0.29, 0.717) is 18.8 Å². The third-order valence-electron chi connectivity index (χ3n) is 6.97. The second-order valence-corrected chi connectivity index (χ2v) is 9.64. The van der Waals surface area contributed by atoms with Gasteiger partial charge in [-0.25, -0.2) is 4.98 Å².